The maximum atomic E-state index is 13.6. The summed E-state index contributed by atoms with van der Waals surface area (Å²) >= 11 is 5.95. The van der Waals surface area contributed by atoms with Crippen molar-refractivity contribution in [3.05, 3.63) is 88.9 Å². The molecule has 0 aliphatic carbocycles. The van der Waals surface area contributed by atoms with E-state index < -0.39 is 16.1 Å². The molecule has 0 N–H and O–H groups in total. The predicted molar refractivity (Wildman–Crippen MR) is 114 cm³/mol. The summed E-state index contributed by atoms with van der Waals surface area (Å²) in [6.07, 6.45) is 0. The number of rotatable bonds is 6. The van der Waals surface area contributed by atoms with Crippen LogP contribution in [0.1, 0.15) is 24.1 Å². The molecule has 0 amide bonds. The molecule has 0 aromatic heterocycles. The smallest absolute Gasteiger partial charge is 0.264 e. The van der Waals surface area contributed by atoms with E-state index >= 15 is 0 Å². The zero-order chi connectivity index (χ0) is 20.3. The van der Waals surface area contributed by atoms with Crippen LogP contribution in [0.25, 0.3) is 0 Å². The van der Waals surface area contributed by atoms with Crippen molar-refractivity contribution in [1.82, 2.24) is 0 Å². The van der Waals surface area contributed by atoms with E-state index in [2.05, 4.69) is 0 Å². The normalized spacial score (nSPS) is 12.4. The lowest BCUT2D eigenvalue weighted by Crippen LogP contribution is -2.33. The van der Waals surface area contributed by atoms with Crippen LogP contribution in [0.2, 0.25) is 5.02 Å². The monoisotopic (exact) mass is 415 g/mol. The van der Waals surface area contributed by atoms with Crippen molar-refractivity contribution in [2.75, 3.05) is 11.4 Å². The first-order valence-electron chi connectivity index (χ1n) is 8.83. The summed E-state index contributed by atoms with van der Waals surface area (Å²) in [4.78, 5) is 0.180. The molecule has 1 atom stereocenters. The first kappa shape index (κ1) is 20.2. The first-order valence-corrected chi connectivity index (χ1v) is 10.7. The molecular weight excluding hydrogens is 394 g/mol. The molecule has 0 saturated carbocycles. The topological polar surface area (TPSA) is 46.6 Å². The van der Waals surface area contributed by atoms with Gasteiger partial charge in [0, 0.05) is 11.1 Å². The van der Waals surface area contributed by atoms with Crippen LogP contribution in [0, 0.1) is 6.92 Å². The Hall–Kier alpha value is -2.50. The second-order valence-electron chi connectivity index (χ2n) is 6.55. The van der Waals surface area contributed by atoms with Crippen molar-refractivity contribution < 1.29 is 13.2 Å². The number of sulfonamides is 1. The molecule has 0 aliphatic heterocycles. The van der Waals surface area contributed by atoms with Crippen LogP contribution in [0.15, 0.2) is 77.7 Å². The highest BCUT2D eigenvalue weighted by molar-refractivity contribution is 7.92. The third-order valence-corrected chi connectivity index (χ3v) is 6.72. The van der Waals surface area contributed by atoms with Crippen molar-refractivity contribution in [2.45, 2.75) is 24.8 Å². The van der Waals surface area contributed by atoms with Crippen LogP contribution in [-0.2, 0) is 10.0 Å². The lowest BCUT2D eigenvalue weighted by molar-refractivity contribution is 0.415. The van der Waals surface area contributed by atoms with Crippen molar-refractivity contribution in [3.8, 4) is 5.75 Å². The Labute approximate surface area is 171 Å². The molecule has 0 unspecified atom stereocenters. The van der Waals surface area contributed by atoms with Crippen molar-refractivity contribution in [2.24, 2.45) is 0 Å². The third-order valence-electron chi connectivity index (χ3n) is 4.55. The second kappa shape index (κ2) is 8.25. The maximum absolute atomic E-state index is 13.6. The molecule has 146 valence electrons. The average Bonchev–Trinajstić information content (AvgIpc) is 2.68. The molecule has 0 fully saturated rings. The Balaban J connectivity index is 2.17. The minimum absolute atomic E-state index is 0.180. The summed E-state index contributed by atoms with van der Waals surface area (Å²) in [6.45, 7) is 3.86. The number of hydrogen-bond donors (Lipinski definition) is 0. The number of methoxy groups -OCH3 is 1. The number of hydrogen-bond acceptors (Lipinski definition) is 3. The van der Waals surface area contributed by atoms with Gasteiger partial charge in [0.25, 0.3) is 10.0 Å². The van der Waals surface area contributed by atoms with Gasteiger partial charge < -0.3 is 4.74 Å². The van der Waals surface area contributed by atoms with Gasteiger partial charge in [-0.25, -0.2) is 8.42 Å². The van der Waals surface area contributed by atoms with Gasteiger partial charge >= 0.3 is 0 Å². The lowest BCUT2D eigenvalue weighted by atomic mass is 10.1. The van der Waals surface area contributed by atoms with E-state index in [0.717, 1.165) is 11.1 Å². The molecular formula is C22H22ClNO3S. The molecule has 0 radical (unpaired) electrons. The molecule has 3 aromatic carbocycles. The van der Waals surface area contributed by atoms with Gasteiger partial charge in [0.1, 0.15) is 5.75 Å². The molecule has 6 heteroatoms. The van der Waals surface area contributed by atoms with Gasteiger partial charge in [0.2, 0.25) is 0 Å². The van der Waals surface area contributed by atoms with E-state index in [4.69, 9.17) is 16.3 Å². The molecule has 0 heterocycles. The summed E-state index contributed by atoms with van der Waals surface area (Å²) in [5, 5.41) is 0.485. The van der Waals surface area contributed by atoms with Crippen molar-refractivity contribution in [3.63, 3.8) is 0 Å². The molecule has 0 aliphatic rings. The fourth-order valence-corrected chi connectivity index (χ4v) is 4.87. The van der Waals surface area contributed by atoms with Crippen LogP contribution in [0.5, 0.6) is 5.75 Å². The van der Waals surface area contributed by atoms with Gasteiger partial charge in [-0.1, -0.05) is 47.5 Å². The molecule has 0 spiro atoms. The summed E-state index contributed by atoms with van der Waals surface area (Å²) in [5.41, 5.74) is 2.50. The van der Waals surface area contributed by atoms with Crippen LogP contribution in [0.3, 0.4) is 0 Å². The number of ether oxygens (including phenoxy) is 1. The summed E-state index contributed by atoms with van der Waals surface area (Å²) in [6, 6.07) is 20.7. The van der Waals surface area contributed by atoms with Gasteiger partial charge in [0.05, 0.1) is 23.7 Å². The standard InChI is InChI=1S/C22H22ClNO3S/c1-16-6-4-7-18(14-16)17(2)24(20-8-5-9-21(15-20)27-3)28(25,26)22-12-10-19(23)11-13-22/h4-15,17H,1-3H3/t17-/m1/s1. The van der Waals surface area contributed by atoms with Gasteiger partial charge in [0.15, 0.2) is 0 Å². The Bertz CT molecular complexity index is 1070. The minimum Gasteiger partial charge on any atom is -0.497 e. The molecule has 3 rings (SSSR count). The van der Waals surface area contributed by atoms with E-state index in [1.54, 1.807) is 43.5 Å². The SMILES string of the molecule is COc1cccc(N([C@H](C)c2cccc(C)c2)S(=O)(=O)c2ccc(Cl)cc2)c1. The second-order valence-corrected chi connectivity index (χ2v) is 8.80. The van der Waals surface area contributed by atoms with Crippen LogP contribution >= 0.6 is 11.6 Å². The number of benzene rings is 3. The quantitative estimate of drug-likeness (QED) is 0.525. The lowest BCUT2D eigenvalue weighted by Gasteiger charge is -2.31. The Morgan fingerprint density at radius 2 is 1.64 bits per heavy atom. The Morgan fingerprint density at radius 1 is 0.964 bits per heavy atom. The molecule has 28 heavy (non-hydrogen) atoms. The molecule has 4 nitrogen and oxygen atoms in total. The number of aryl methyl sites for hydroxylation is 1. The van der Waals surface area contributed by atoms with Gasteiger partial charge in [-0.3, -0.25) is 4.31 Å². The summed E-state index contributed by atoms with van der Waals surface area (Å²) in [7, 11) is -2.28. The van der Waals surface area contributed by atoms with E-state index in [1.165, 1.54) is 16.4 Å². The van der Waals surface area contributed by atoms with E-state index in [0.29, 0.717) is 16.5 Å². The summed E-state index contributed by atoms with van der Waals surface area (Å²) < 4.78 is 33.9. The maximum Gasteiger partial charge on any atom is 0.264 e. The van der Waals surface area contributed by atoms with Gasteiger partial charge in [-0.15, -0.1) is 0 Å². The molecule has 3 aromatic rings. The minimum atomic E-state index is -3.84. The van der Waals surface area contributed by atoms with Gasteiger partial charge in [-0.05, 0) is 55.8 Å². The van der Waals surface area contributed by atoms with Gasteiger partial charge in [-0.2, -0.15) is 0 Å². The first-order chi connectivity index (χ1) is 13.3. The summed E-state index contributed by atoms with van der Waals surface area (Å²) in [5.74, 6) is 0.588. The molecule has 0 saturated heterocycles. The molecule has 0 bridgehead atoms. The highest BCUT2D eigenvalue weighted by Gasteiger charge is 2.30. The van der Waals surface area contributed by atoms with E-state index in [9.17, 15) is 8.42 Å². The fourth-order valence-electron chi connectivity index (χ4n) is 3.10. The zero-order valence-corrected chi connectivity index (χ0v) is 17.5. The Morgan fingerprint density at radius 3 is 2.29 bits per heavy atom. The number of anilines is 1. The highest BCUT2D eigenvalue weighted by Crippen LogP contribution is 2.35. The largest absolute Gasteiger partial charge is 0.497 e. The highest BCUT2D eigenvalue weighted by atomic mass is 35.5. The van der Waals surface area contributed by atoms with Crippen LogP contribution in [0.4, 0.5) is 5.69 Å². The van der Waals surface area contributed by atoms with Crippen LogP contribution < -0.4 is 9.04 Å². The average molecular weight is 416 g/mol. The number of nitrogens with zero attached hydrogens (tertiary/aromatic N) is 1. The van der Waals surface area contributed by atoms with Crippen molar-refractivity contribution in [1.29, 1.82) is 0 Å². The third kappa shape index (κ3) is 4.16. The Kier molecular flexibility index (Phi) is 5.96. The van der Waals surface area contributed by atoms with E-state index in [1.807, 2.05) is 38.1 Å². The van der Waals surface area contributed by atoms with Crippen molar-refractivity contribution >= 4 is 27.3 Å². The zero-order valence-electron chi connectivity index (χ0n) is 16.0. The number of halogens is 1. The van der Waals surface area contributed by atoms with E-state index in [-0.39, 0.29) is 4.90 Å². The predicted octanol–water partition coefficient (Wildman–Crippen LogP) is 5.61. The van der Waals surface area contributed by atoms with Crippen LogP contribution in [-0.4, -0.2) is 15.5 Å². The fraction of sp³-hybridized carbons (Fsp3) is 0.182.